The molecule has 0 atom stereocenters. The van der Waals surface area contributed by atoms with Gasteiger partial charge in [0.1, 0.15) is 9.84 Å². The van der Waals surface area contributed by atoms with Crippen LogP contribution in [0.5, 0.6) is 0 Å². The van der Waals surface area contributed by atoms with Crippen molar-refractivity contribution in [1.29, 1.82) is 0 Å². The molecular weight excluding hydrogens is 186 g/mol. The van der Waals surface area contributed by atoms with Crippen LogP contribution in [-0.4, -0.2) is 43.5 Å². The fraction of sp³-hybridized carbons (Fsp3) is 1.00. The van der Waals surface area contributed by atoms with Gasteiger partial charge in [-0.2, -0.15) is 0 Å². The Kier molecular flexibility index (Phi) is 2.15. The van der Waals surface area contributed by atoms with Crippen molar-refractivity contribution in [1.82, 2.24) is 4.90 Å². The summed E-state index contributed by atoms with van der Waals surface area (Å²) in [5, 5.41) is 0. The summed E-state index contributed by atoms with van der Waals surface area (Å²) in [6.07, 6.45) is 2.93. The molecule has 3 nitrogen and oxygen atoms in total. The molecule has 1 spiro atoms. The summed E-state index contributed by atoms with van der Waals surface area (Å²) >= 11 is 0. The molecule has 0 unspecified atom stereocenters. The highest BCUT2D eigenvalue weighted by Crippen LogP contribution is 2.39. The van der Waals surface area contributed by atoms with Gasteiger partial charge in [-0.1, -0.05) is 6.92 Å². The molecule has 0 amide bonds. The van der Waals surface area contributed by atoms with E-state index in [1.165, 1.54) is 6.42 Å². The van der Waals surface area contributed by atoms with E-state index in [1.807, 2.05) is 0 Å². The van der Waals surface area contributed by atoms with E-state index in [4.69, 9.17) is 0 Å². The lowest BCUT2D eigenvalue weighted by atomic mass is 9.79. The Bertz CT molecular complexity index is 281. The zero-order chi connectivity index (χ0) is 9.53. The third kappa shape index (κ3) is 1.50. The van der Waals surface area contributed by atoms with E-state index in [0.29, 0.717) is 11.5 Å². The normalized spacial score (nSPS) is 31.5. The van der Waals surface area contributed by atoms with Crippen LogP contribution in [0.25, 0.3) is 0 Å². The Balaban J connectivity index is 2.05. The largest absolute Gasteiger partial charge is 0.298 e. The molecule has 0 aliphatic carbocycles. The molecule has 0 N–H and O–H groups in total. The maximum Gasteiger partial charge on any atom is 0.150 e. The first-order valence-corrected chi connectivity index (χ1v) is 6.86. The third-order valence-corrected chi connectivity index (χ3v) is 5.31. The molecule has 0 aromatic carbocycles. The number of hydrogen-bond acceptors (Lipinski definition) is 3. The average molecular weight is 203 g/mol. The first-order valence-electron chi connectivity index (χ1n) is 5.03. The molecule has 0 saturated carbocycles. The standard InChI is InChI=1S/C9H17NO2S/c1-2-10-6-3-9(10)4-7-13(11,12)8-5-9/h2-8H2,1H3. The van der Waals surface area contributed by atoms with E-state index < -0.39 is 9.84 Å². The fourth-order valence-electron chi connectivity index (χ4n) is 2.56. The van der Waals surface area contributed by atoms with Crippen molar-refractivity contribution in [3.63, 3.8) is 0 Å². The predicted molar refractivity (Wildman–Crippen MR) is 52.5 cm³/mol. The molecule has 2 heterocycles. The molecule has 2 saturated heterocycles. The minimum absolute atomic E-state index is 0.278. The number of hydrogen-bond donors (Lipinski definition) is 0. The second-order valence-corrected chi connectivity index (χ2v) is 6.51. The van der Waals surface area contributed by atoms with Crippen LogP contribution in [-0.2, 0) is 9.84 Å². The summed E-state index contributed by atoms with van der Waals surface area (Å²) in [5.74, 6) is 0.812. The van der Waals surface area contributed by atoms with Crippen molar-refractivity contribution in [3.8, 4) is 0 Å². The van der Waals surface area contributed by atoms with Gasteiger partial charge < -0.3 is 0 Å². The van der Waals surface area contributed by atoms with E-state index >= 15 is 0 Å². The van der Waals surface area contributed by atoms with Gasteiger partial charge in [0.25, 0.3) is 0 Å². The molecular formula is C9H17NO2S. The smallest absolute Gasteiger partial charge is 0.150 e. The van der Waals surface area contributed by atoms with E-state index in [0.717, 1.165) is 25.9 Å². The molecule has 0 aromatic rings. The quantitative estimate of drug-likeness (QED) is 0.628. The molecule has 2 aliphatic rings. The first kappa shape index (κ1) is 9.46. The summed E-state index contributed by atoms with van der Waals surface area (Å²) in [6, 6.07) is 0. The molecule has 4 heteroatoms. The van der Waals surface area contributed by atoms with Crippen LogP contribution in [0.3, 0.4) is 0 Å². The van der Waals surface area contributed by atoms with E-state index in [1.54, 1.807) is 0 Å². The second kappa shape index (κ2) is 2.95. The van der Waals surface area contributed by atoms with Gasteiger partial charge in [0.05, 0.1) is 11.5 Å². The maximum absolute atomic E-state index is 11.3. The van der Waals surface area contributed by atoms with Gasteiger partial charge in [-0.15, -0.1) is 0 Å². The van der Waals surface area contributed by atoms with Crippen LogP contribution in [0, 0.1) is 0 Å². The van der Waals surface area contributed by atoms with Crippen molar-refractivity contribution in [2.24, 2.45) is 0 Å². The van der Waals surface area contributed by atoms with Crippen molar-refractivity contribution in [2.45, 2.75) is 31.7 Å². The van der Waals surface area contributed by atoms with Gasteiger partial charge in [-0.25, -0.2) is 8.42 Å². The number of nitrogens with zero attached hydrogens (tertiary/aromatic N) is 1. The summed E-state index contributed by atoms with van der Waals surface area (Å²) < 4.78 is 22.5. The van der Waals surface area contributed by atoms with E-state index in [2.05, 4.69) is 11.8 Å². The summed E-state index contributed by atoms with van der Waals surface area (Å²) in [5.41, 5.74) is 0.278. The van der Waals surface area contributed by atoms with Gasteiger partial charge in [0, 0.05) is 12.1 Å². The van der Waals surface area contributed by atoms with Gasteiger partial charge in [0.2, 0.25) is 0 Å². The lowest BCUT2D eigenvalue weighted by Crippen LogP contribution is -2.62. The summed E-state index contributed by atoms with van der Waals surface area (Å²) in [7, 11) is -2.69. The lowest BCUT2D eigenvalue weighted by Gasteiger charge is -2.54. The predicted octanol–water partition coefficient (Wildman–Crippen LogP) is 0.659. The van der Waals surface area contributed by atoms with Crippen LogP contribution in [0.1, 0.15) is 26.2 Å². The van der Waals surface area contributed by atoms with Gasteiger partial charge >= 0.3 is 0 Å². The highest BCUT2D eigenvalue weighted by molar-refractivity contribution is 7.91. The van der Waals surface area contributed by atoms with Crippen LogP contribution >= 0.6 is 0 Å². The van der Waals surface area contributed by atoms with Gasteiger partial charge in [-0.05, 0) is 25.8 Å². The fourth-order valence-corrected chi connectivity index (χ4v) is 4.15. The molecule has 0 bridgehead atoms. The molecule has 2 rings (SSSR count). The van der Waals surface area contributed by atoms with Gasteiger partial charge in [0.15, 0.2) is 0 Å². The van der Waals surface area contributed by atoms with Crippen LogP contribution in [0.4, 0.5) is 0 Å². The first-order chi connectivity index (χ1) is 6.08. The van der Waals surface area contributed by atoms with Crippen molar-refractivity contribution in [2.75, 3.05) is 24.6 Å². The van der Waals surface area contributed by atoms with Crippen molar-refractivity contribution in [3.05, 3.63) is 0 Å². The van der Waals surface area contributed by atoms with Gasteiger partial charge in [-0.3, -0.25) is 4.90 Å². The Morgan fingerprint density at radius 2 is 1.85 bits per heavy atom. The minimum Gasteiger partial charge on any atom is -0.298 e. The third-order valence-electron chi connectivity index (χ3n) is 3.66. The Hall–Kier alpha value is -0.0900. The molecule has 13 heavy (non-hydrogen) atoms. The Labute approximate surface area is 80.0 Å². The Morgan fingerprint density at radius 1 is 1.23 bits per heavy atom. The molecule has 2 fully saturated rings. The van der Waals surface area contributed by atoms with E-state index in [9.17, 15) is 8.42 Å². The number of rotatable bonds is 1. The minimum atomic E-state index is -2.69. The molecule has 0 radical (unpaired) electrons. The Morgan fingerprint density at radius 3 is 2.23 bits per heavy atom. The number of sulfone groups is 1. The van der Waals surface area contributed by atoms with Crippen LogP contribution in [0.15, 0.2) is 0 Å². The zero-order valence-electron chi connectivity index (χ0n) is 8.12. The average Bonchev–Trinajstić information content (AvgIpc) is 2.03. The summed E-state index contributed by atoms with van der Waals surface area (Å²) in [6.45, 7) is 4.39. The molecule has 76 valence electrons. The van der Waals surface area contributed by atoms with Crippen molar-refractivity contribution < 1.29 is 8.42 Å². The van der Waals surface area contributed by atoms with E-state index in [-0.39, 0.29) is 5.54 Å². The zero-order valence-corrected chi connectivity index (χ0v) is 8.94. The summed E-state index contributed by atoms with van der Waals surface area (Å²) in [4.78, 5) is 2.43. The van der Waals surface area contributed by atoms with Crippen LogP contribution in [0.2, 0.25) is 0 Å². The molecule has 0 aromatic heterocycles. The van der Waals surface area contributed by atoms with Crippen LogP contribution < -0.4 is 0 Å². The highest BCUT2D eigenvalue weighted by atomic mass is 32.2. The second-order valence-electron chi connectivity index (χ2n) is 4.21. The highest BCUT2D eigenvalue weighted by Gasteiger charge is 2.46. The molecule has 2 aliphatic heterocycles. The number of likely N-dealkylation sites (tertiary alicyclic amines) is 1. The lowest BCUT2D eigenvalue weighted by molar-refractivity contribution is -0.0174. The van der Waals surface area contributed by atoms with Crippen molar-refractivity contribution >= 4 is 9.84 Å². The monoisotopic (exact) mass is 203 g/mol. The topological polar surface area (TPSA) is 37.4 Å². The maximum atomic E-state index is 11.3. The SMILES string of the molecule is CCN1CCC12CCS(=O)(=O)CC2.